The fraction of sp³-hybridized carbons (Fsp3) is 0.889. The molecule has 4 heteroatoms. The highest BCUT2D eigenvalue weighted by Gasteiger charge is 2.11. The lowest BCUT2D eigenvalue weighted by molar-refractivity contribution is -0.138. The van der Waals surface area contributed by atoms with E-state index in [1.165, 1.54) is 0 Å². The highest BCUT2D eigenvalue weighted by atomic mass is 32.2. The summed E-state index contributed by atoms with van der Waals surface area (Å²) in [4.78, 5) is 10.4. The Labute approximate surface area is 84.1 Å². The molecule has 13 heavy (non-hydrogen) atoms. The van der Waals surface area contributed by atoms with Crippen molar-refractivity contribution in [3.63, 3.8) is 0 Å². The van der Waals surface area contributed by atoms with Crippen molar-refractivity contribution in [2.75, 3.05) is 11.5 Å². The van der Waals surface area contributed by atoms with Gasteiger partial charge in [0, 0.05) is 18.2 Å². The molecule has 0 rings (SSSR count). The zero-order valence-electron chi connectivity index (χ0n) is 8.32. The first-order chi connectivity index (χ1) is 6.06. The summed E-state index contributed by atoms with van der Waals surface area (Å²) in [6.45, 7) is 4.03. The Morgan fingerprint density at radius 1 is 1.62 bits per heavy atom. The second-order valence-electron chi connectivity index (χ2n) is 3.36. The fourth-order valence-electron chi connectivity index (χ4n) is 1.24. The minimum absolute atomic E-state index is 0.138. The van der Waals surface area contributed by atoms with Crippen LogP contribution in [0, 0.1) is 5.92 Å². The molecule has 0 unspecified atom stereocenters. The number of aliphatic carboxylic acids is 1. The normalized spacial score (nSPS) is 15.3. The van der Waals surface area contributed by atoms with Gasteiger partial charge in [-0.05, 0) is 18.1 Å². The van der Waals surface area contributed by atoms with Gasteiger partial charge in [0.1, 0.15) is 0 Å². The average molecular weight is 205 g/mol. The van der Waals surface area contributed by atoms with Crippen LogP contribution in [0.5, 0.6) is 0 Å². The van der Waals surface area contributed by atoms with Gasteiger partial charge < -0.3 is 10.8 Å². The minimum Gasteiger partial charge on any atom is -0.481 e. The number of carboxylic acids is 1. The topological polar surface area (TPSA) is 63.3 Å². The van der Waals surface area contributed by atoms with Gasteiger partial charge in [0.2, 0.25) is 0 Å². The van der Waals surface area contributed by atoms with Gasteiger partial charge in [0.05, 0.1) is 0 Å². The van der Waals surface area contributed by atoms with Gasteiger partial charge in [-0.2, -0.15) is 11.8 Å². The molecule has 0 radical (unpaired) electrons. The summed E-state index contributed by atoms with van der Waals surface area (Å²) in [7, 11) is 0. The summed E-state index contributed by atoms with van der Waals surface area (Å²) in [5.41, 5.74) is 5.82. The molecule has 0 heterocycles. The predicted octanol–water partition coefficient (Wildman–Crippen LogP) is 1.57. The van der Waals surface area contributed by atoms with E-state index in [1.807, 2.05) is 6.92 Å². The third kappa shape index (κ3) is 8.12. The Morgan fingerprint density at radius 3 is 2.69 bits per heavy atom. The van der Waals surface area contributed by atoms with Crippen molar-refractivity contribution in [1.82, 2.24) is 0 Å². The smallest absolute Gasteiger partial charge is 0.303 e. The number of rotatable bonds is 7. The molecule has 3 nitrogen and oxygen atoms in total. The molecule has 78 valence electrons. The molecule has 2 atom stereocenters. The van der Waals surface area contributed by atoms with Gasteiger partial charge >= 0.3 is 5.97 Å². The van der Waals surface area contributed by atoms with E-state index in [2.05, 4.69) is 6.92 Å². The zero-order chi connectivity index (χ0) is 10.3. The largest absolute Gasteiger partial charge is 0.481 e. The van der Waals surface area contributed by atoms with Gasteiger partial charge in [-0.3, -0.25) is 4.79 Å². The molecule has 0 saturated heterocycles. The lowest BCUT2D eigenvalue weighted by Crippen LogP contribution is -2.26. The third-order valence-corrected chi connectivity index (χ3v) is 2.84. The van der Waals surface area contributed by atoms with Crippen molar-refractivity contribution in [2.45, 2.75) is 32.7 Å². The zero-order valence-corrected chi connectivity index (χ0v) is 9.14. The summed E-state index contributed by atoms with van der Waals surface area (Å²) in [6, 6.07) is 0.138. The summed E-state index contributed by atoms with van der Waals surface area (Å²) in [5.74, 6) is 1.45. The lowest BCUT2D eigenvalue weighted by Gasteiger charge is -2.14. The molecule has 0 aromatic heterocycles. The SMILES string of the molecule is CCSC[C@@H](N)C[C@@H](C)CC(=O)O. The quantitative estimate of drug-likeness (QED) is 0.662. The Kier molecular flexibility index (Phi) is 7.09. The molecule has 0 aliphatic heterocycles. The van der Waals surface area contributed by atoms with Crippen LogP contribution < -0.4 is 5.73 Å². The molecule has 0 aliphatic carbocycles. The van der Waals surface area contributed by atoms with E-state index in [1.54, 1.807) is 11.8 Å². The fourth-order valence-corrected chi connectivity index (χ4v) is 1.91. The van der Waals surface area contributed by atoms with Crippen LogP contribution in [0.15, 0.2) is 0 Å². The van der Waals surface area contributed by atoms with Crippen LogP contribution in [-0.2, 0) is 4.79 Å². The Bertz CT molecular complexity index is 153. The summed E-state index contributed by atoms with van der Waals surface area (Å²) >= 11 is 1.80. The number of carboxylic acid groups (broad SMARTS) is 1. The van der Waals surface area contributed by atoms with E-state index in [0.717, 1.165) is 17.9 Å². The van der Waals surface area contributed by atoms with Gasteiger partial charge in [-0.1, -0.05) is 13.8 Å². The number of hydrogen-bond acceptors (Lipinski definition) is 3. The molecule has 0 aromatic rings. The number of carbonyl (C=O) groups is 1. The summed E-state index contributed by atoms with van der Waals surface area (Å²) in [6.07, 6.45) is 1.03. The monoisotopic (exact) mass is 205 g/mol. The summed E-state index contributed by atoms with van der Waals surface area (Å²) in [5, 5.41) is 8.53. The van der Waals surface area contributed by atoms with Crippen LogP contribution in [-0.4, -0.2) is 28.6 Å². The Hall–Kier alpha value is -0.220. The molecule has 0 bridgehead atoms. The second-order valence-corrected chi connectivity index (χ2v) is 4.68. The van der Waals surface area contributed by atoms with Gasteiger partial charge in [-0.15, -0.1) is 0 Å². The number of nitrogens with two attached hydrogens (primary N) is 1. The minimum atomic E-state index is -0.733. The number of thioether (sulfide) groups is 1. The second kappa shape index (κ2) is 7.21. The van der Waals surface area contributed by atoms with Crippen molar-refractivity contribution in [3.05, 3.63) is 0 Å². The maximum absolute atomic E-state index is 10.4. The molecule has 3 N–H and O–H groups in total. The van der Waals surface area contributed by atoms with E-state index in [9.17, 15) is 4.79 Å². The van der Waals surface area contributed by atoms with Crippen molar-refractivity contribution < 1.29 is 9.90 Å². The average Bonchev–Trinajstić information content (AvgIpc) is 1.98. The molecular formula is C9H19NO2S. The van der Waals surface area contributed by atoms with Gasteiger partial charge in [-0.25, -0.2) is 0 Å². The highest BCUT2D eigenvalue weighted by Crippen LogP contribution is 2.12. The van der Waals surface area contributed by atoms with E-state index in [-0.39, 0.29) is 18.4 Å². The first-order valence-corrected chi connectivity index (χ1v) is 5.76. The van der Waals surface area contributed by atoms with E-state index < -0.39 is 5.97 Å². The lowest BCUT2D eigenvalue weighted by atomic mass is 10.00. The van der Waals surface area contributed by atoms with Crippen LogP contribution >= 0.6 is 11.8 Å². The molecule has 0 fully saturated rings. The molecule has 0 saturated carbocycles. The van der Waals surface area contributed by atoms with Gasteiger partial charge in [0.15, 0.2) is 0 Å². The third-order valence-electron chi connectivity index (χ3n) is 1.76. The van der Waals surface area contributed by atoms with Crippen LogP contribution in [0.25, 0.3) is 0 Å². The molecule has 0 aromatic carbocycles. The molecular weight excluding hydrogens is 186 g/mol. The standard InChI is InChI=1S/C9H19NO2S/c1-3-13-6-8(10)4-7(2)5-9(11)12/h7-8H,3-6,10H2,1-2H3,(H,11,12)/t7-,8+/m1/s1. The summed E-state index contributed by atoms with van der Waals surface area (Å²) < 4.78 is 0. The van der Waals surface area contributed by atoms with E-state index >= 15 is 0 Å². The van der Waals surface area contributed by atoms with E-state index in [0.29, 0.717) is 0 Å². The van der Waals surface area contributed by atoms with Crippen molar-refractivity contribution >= 4 is 17.7 Å². The molecule has 0 amide bonds. The van der Waals surface area contributed by atoms with Crippen molar-refractivity contribution in [1.29, 1.82) is 0 Å². The Balaban J connectivity index is 3.52. The first kappa shape index (κ1) is 12.8. The maximum Gasteiger partial charge on any atom is 0.303 e. The Morgan fingerprint density at radius 2 is 2.23 bits per heavy atom. The number of hydrogen-bond donors (Lipinski definition) is 2. The van der Waals surface area contributed by atoms with E-state index in [4.69, 9.17) is 10.8 Å². The van der Waals surface area contributed by atoms with Crippen LogP contribution in [0.4, 0.5) is 0 Å². The first-order valence-electron chi connectivity index (χ1n) is 4.61. The predicted molar refractivity (Wildman–Crippen MR) is 57.0 cm³/mol. The maximum atomic E-state index is 10.4. The van der Waals surface area contributed by atoms with Crippen molar-refractivity contribution in [2.24, 2.45) is 11.7 Å². The highest BCUT2D eigenvalue weighted by molar-refractivity contribution is 7.99. The van der Waals surface area contributed by atoms with Crippen molar-refractivity contribution in [3.8, 4) is 0 Å². The van der Waals surface area contributed by atoms with Crippen LogP contribution in [0.3, 0.4) is 0 Å². The van der Waals surface area contributed by atoms with Crippen LogP contribution in [0.2, 0.25) is 0 Å². The van der Waals surface area contributed by atoms with Crippen LogP contribution in [0.1, 0.15) is 26.7 Å². The van der Waals surface area contributed by atoms with Gasteiger partial charge in [0.25, 0.3) is 0 Å². The molecule has 0 aliphatic rings. The molecule has 0 spiro atoms.